The van der Waals surface area contributed by atoms with Gasteiger partial charge in [-0.2, -0.15) is 11.8 Å². The van der Waals surface area contributed by atoms with E-state index in [9.17, 15) is 9.59 Å². The summed E-state index contributed by atoms with van der Waals surface area (Å²) < 4.78 is 4.25. The van der Waals surface area contributed by atoms with Gasteiger partial charge in [0.1, 0.15) is 6.79 Å². The molecular formula is C32H42Cl2N4O4S. The van der Waals surface area contributed by atoms with E-state index in [2.05, 4.69) is 26.3 Å². The van der Waals surface area contributed by atoms with Crippen molar-refractivity contribution in [2.45, 2.75) is 19.3 Å². The minimum Gasteiger partial charge on any atom is -0.399 e. The lowest BCUT2D eigenvalue weighted by atomic mass is 10.0. The van der Waals surface area contributed by atoms with E-state index in [1.807, 2.05) is 61.8 Å². The molecule has 0 aliphatic carbocycles. The highest BCUT2D eigenvalue weighted by atomic mass is 35.5. The summed E-state index contributed by atoms with van der Waals surface area (Å²) in [5.41, 5.74) is 11.1. The Hall–Kier alpha value is -3.24. The number of hydrogen-bond donors (Lipinski definition) is 3. The van der Waals surface area contributed by atoms with Gasteiger partial charge < -0.3 is 30.8 Å². The van der Waals surface area contributed by atoms with E-state index < -0.39 is 0 Å². The number of hydrogen-bond acceptors (Lipinski definition) is 7. The van der Waals surface area contributed by atoms with E-state index in [1.54, 1.807) is 38.1 Å². The van der Waals surface area contributed by atoms with Crippen LogP contribution in [0.1, 0.15) is 28.8 Å². The number of nitrogens with two attached hydrogens (primary N) is 1. The molecule has 0 saturated carbocycles. The second-order valence-corrected chi connectivity index (χ2v) is 11.0. The number of amides is 2. The Morgan fingerprint density at radius 2 is 1.53 bits per heavy atom. The summed E-state index contributed by atoms with van der Waals surface area (Å²) in [5, 5.41) is 6.18. The van der Waals surface area contributed by atoms with Crippen molar-refractivity contribution < 1.29 is 19.1 Å². The molecule has 0 fully saturated rings. The molecule has 43 heavy (non-hydrogen) atoms. The lowest BCUT2D eigenvalue weighted by Gasteiger charge is -2.31. The zero-order valence-electron chi connectivity index (χ0n) is 25.3. The van der Waals surface area contributed by atoms with E-state index in [1.165, 1.54) is 5.56 Å². The molecule has 0 spiro atoms. The molecule has 0 unspecified atom stereocenters. The van der Waals surface area contributed by atoms with Gasteiger partial charge in [-0.15, -0.1) is 0 Å². The summed E-state index contributed by atoms with van der Waals surface area (Å²) in [6.45, 7) is 4.10. The molecule has 3 aromatic rings. The van der Waals surface area contributed by atoms with Crippen molar-refractivity contribution in [3.8, 4) is 11.1 Å². The fraction of sp³-hybridized carbons (Fsp3) is 0.344. The maximum Gasteiger partial charge on any atom is 0.254 e. The number of nitrogens with zero attached hydrogens (tertiary/aromatic N) is 1. The normalized spacial score (nSPS) is 11.3. The second kappa shape index (κ2) is 21.4. The molecule has 1 heterocycles. The Morgan fingerprint density at radius 3 is 2.14 bits per heavy atom. The number of ether oxygens (including phenoxy) is 1. The van der Waals surface area contributed by atoms with Crippen LogP contribution in [0, 0.1) is 0 Å². The minimum absolute atomic E-state index is 0.0708. The van der Waals surface area contributed by atoms with Gasteiger partial charge in [0.15, 0.2) is 0 Å². The van der Waals surface area contributed by atoms with Crippen LogP contribution < -0.4 is 21.3 Å². The highest BCUT2D eigenvalue weighted by molar-refractivity contribution is 7.97. The fourth-order valence-electron chi connectivity index (χ4n) is 4.28. The Bertz CT molecular complexity index is 1260. The molecule has 1 aliphatic heterocycles. The van der Waals surface area contributed by atoms with Gasteiger partial charge in [0.25, 0.3) is 5.91 Å². The lowest BCUT2D eigenvalue weighted by molar-refractivity contribution is -0.120. The molecule has 0 saturated heterocycles. The molecule has 3 aromatic carbocycles. The molecule has 0 radical (unpaired) electrons. The van der Waals surface area contributed by atoms with Gasteiger partial charge in [-0.05, 0) is 66.3 Å². The number of benzene rings is 3. The van der Waals surface area contributed by atoms with Crippen molar-refractivity contribution in [2.75, 3.05) is 63.5 Å². The lowest BCUT2D eigenvalue weighted by Crippen LogP contribution is -2.37. The van der Waals surface area contributed by atoms with Gasteiger partial charge >= 0.3 is 0 Å². The fourth-order valence-corrected chi connectivity index (χ4v) is 4.94. The van der Waals surface area contributed by atoms with Crippen molar-refractivity contribution >= 4 is 64.9 Å². The van der Waals surface area contributed by atoms with Crippen LogP contribution in [0.5, 0.6) is 0 Å². The number of rotatable bonds is 8. The maximum atomic E-state index is 12.6. The quantitative estimate of drug-likeness (QED) is 0.203. The predicted octanol–water partition coefficient (Wildman–Crippen LogP) is 5.99. The molecule has 4 rings (SSSR count). The molecular weight excluding hydrogens is 607 g/mol. The summed E-state index contributed by atoms with van der Waals surface area (Å²) in [5.74, 6) is -0.449. The first-order valence-electron chi connectivity index (χ1n) is 13.6. The SMILES string of the molecule is C=O.COC.CSC.Nc1ccc2c(c1)N(CCC(=O)NCCNC(=O)c1c(Cl)cc(-c3ccccc3)cc1Cl)CCC2. The highest BCUT2D eigenvalue weighted by Gasteiger charge is 2.19. The largest absolute Gasteiger partial charge is 0.399 e. The summed E-state index contributed by atoms with van der Waals surface area (Å²) in [7, 11) is 3.25. The number of methoxy groups -OCH3 is 1. The Balaban J connectivity index is 0.00000105. The molecule has 11 heteroatoms. The monoisotopic (exact) mass is 648 g/mol. The van der Waals surface area contributed by atoms with E-state index in [-0.39, 0.29) is 34.0 Å². The van der Waals surface area contributed by atoms with Crippen molar-refractivity contribution in [1.82, 2.24) is 10.6 Å². The van der Waals surface area contributed by atoms with Gasteiger partial charge in [-0.3, -0.25) is 9.59 Å². The molecule has 0 atom stereocenters. The van der Waals surface area contributed by atoms with E-state index in [4.69, 9.17) is 33.7 Å². The van der Waals surface area contributed by atoms with Gasteiger partial charge in [0.05, 0.1) is 15.6 Å². The number of fused-ring (bicyclic) bond motifs is 1. The van der Waals surface area contributed by atoms with Crippen molar-refractivity contribution in [2.24, 2.45) is 0 Å². The van der Waals surface area contributed by atoms with Crippen LogP contribution in [0.15, 0.2) is 60.7 Å². The number of carbonyl (C=O) groups excluding carboxylic acids is 3. The third-order valence-electron chi connectivity index (χ3n) is 6.04. The molecule has 234 valence electrons. The number of halogens is 2. The first-order chi connectivity index (χ1) is 20.7. The number of nitrogens with one attached hydrogen (secondary N) is 2. The molecule has 8 nitrogen and oxygen atoms in total. The van der Waals surface area contributed by atoms with Crippen LogP contribution in [0.25, 0.3) is 11.1 Å². The van der Waals surface area contributed by atoms with Crippen LogP contribution >= 0.6 is 35.0 Å². The van der Waals surface area contributed by atoms with Gasteiger partial charge in [-0.25, -0.2) is 0 Å². The smallest absolute Gasteiger partial charge is 0.254 e. The maximum absolute atomic E-state index is 12.6. The number of carbonyl (C=O) groups is 3. The van der Waals surface area contributed by atoms with Gasteiger partial charge in [0, 0.05) is 58.2 Å². The number of anilines is 2. The van der Waals surface area contributed by atoms with Gasteiger partial charge in [-0.1, -0.05) is 59.6 Å². The van der Waals surface area contributed by atoms with Crippen LogP contribution in [-0.2, 0) is 20.7 Å². The predicted molar refractivity (Wildman–Crippen MR) is 183 cm³/mol. The van der Waals surface area contributed by atoms with E-state index >= 15 is 0 Å². The first-order valence-corrected chi connectivity index (χ1v) is 16.0. The third kappa shape index (κ3) is 12.9. The van der Waals surface area contributed by atoms with Crippen molar-refractivity contribution in [3.05, 3.63) is 81.8 Å². The van der Waals surface area contributed by atoms with E-state index in [0.29, 0.717) is 19.5 Å². The third-order valence-corrected chi connectivity index (χ3v) is 6.64. The number of aryl methyl sites for hydroxylation is 1. The highest BCUT2D eigenvalue weighted by Crippen LogP contribution is 2.32. The molecule has 0 aromatic heterocycles. The van der Waals surface area contributed by atoms with Gasteiger partial charge in [0.2, 0.25) is 5.91 Å². The Morgan fingerprint density at radius 1 is 0.953 bits per heavy atom. The zero-order valence-corrected chi connectivity index (χ0v) is 27.6. The molecule has 1 aliphatic rings. The summed E-state index contributed by atoms with van der Waals surface area (Å²) in [6.07, 6.45) is 6.53. The molecule has 4 N–H and O–H groups in total. The minimum atomic E-state index is -0.378. The average molecular weight is 650 g/mol. The summed E-state index contributed by atoms with van der Waals surface area (Å²) in [4.78, 5) is 35.2. The van der Waals surface area contributed by atoms with E-state index in [0.717, 1.165) is 41.9 Å². The van der Waals surface area contributed by atoms with Crippen LogP contribution in [0.2, 0.25) is 10.0 Å². The van der Waals surface area contributed by atoms with Crippen LogP contribution in [-0.4, -0.2) is 71.5 Å². The zero-order chi connectivity index (χ0) is 32.2. The standard InChI is InChI=1S/C27H28Cl2N4O2.C2H6O.C2H6S.CH2O/c28-22-15-20(18-5-2-1-3-6-18)16-23(29)26(22)27(35)32-12-11-31-25(34)10-14-33-13-4-7-19-8-9-21(30)17-24(19)33;2*1-3-2;1-2/h1-3,5-6,8-9,15-17H,4,7,10-14,30H2,(H,31,34)(H,32,35);2*1-2H3;1H2. The molecule has 0 bridgehead atoms. The van der Waals surface area contributed by atoms with Crippen molar-refractivity contribution in [3.63, 3.8) is 0 Å². The number of thioether (sulfide) groups is 1. The Labute approximate surface area is 269 Å². The topological polar surface area (TPSA) is 114 Å². The molecule has 2 amide bonds. The average Bonchev–Trinajstić information content (AvgIpc) is 3.00. The second-order valence-electron chi connectivity index (χ2n) is 9.33. The van der Waals surface area contributed by atoms with Crippen molar-refractivity contribution in [1.29, 1.82) is 0 Å². The van der Waals surface area contributed by atoms with Crippen LogP contribution in [0.4, 0.5) is 11.4 Å². The summed E-state index contributed by atoms with van der Waals surface area (Å²) in [6, 6.07) is 19.1. The Kier molecular flexibility index (Phi) is 18.8. The summed E-state index contributed by atoms with van der Waals surface area (Å²) >= 11 is 14.5. The van der Waals surface area contributed by atoms with Crippen LogP contribution in [0.3, 0.4) is 0 Å². The first kappa shape index (κ1) is 37.8. The number of nitrogen functional groups attached to an aromatic ring is 1.